The first kappa shape index (κ1) is 19.6. The van der Waals surface area contributed by atoms with Crippen molar-refractivity contribution in [2.75, 3.05) is 23.9 Å². The van der Waals surface area contributed by atoms with Gasteiger partial charge in [-0.05, 0) is 0 Å². The Bertz CT molecular complexity index is 688. The number of hydrogen-bond donors (Lipinski definition) is 2. The molecule has 0 aromatic heterocycles. The summed E-state index contributed by atoms with van der Waals surface area (Å²) in [7, 11) is 0. The molecule has 0 aliphatic carbocycles. The molecule has 11 heteroatoms. The number of β-lactam (4-membered cyclic amide) rings is 1. The first-order valence-electron chi connectivity index (χ1n) is 7.14. The predicted molar refractivity (Wildman–Crippen MR) is 96.8 cm³/mol. The molecule has 1 fully saturated rings. The molecule has 0 aromatic carbocycles. The number of aliphatic carboxylic acids is 1. The van der Waals surface area contributed by atoms with Gasteiger partial charge in [0.25, 0.3) is 5.91 Å². The van der Waals surface area contributed by atoms with Crippen molar-refractivity contribution in [3.8, 4) is 6.07 Å². The van der Waals surface area contributed by atoms with Gasteiger partial charge in [0, 0.05) is 24.0 Å². The van der Waals surface area contributed by atoms with Crippen molar-refractivity contribution in [2.45, 2.75) is 18.3 Å². The molecule has 0 bridgehead atoms. The van der Waals surface area contributed by atoms with Crippen LogP contribution in [0.1, 0.15) is 6.92 Å². The summed E-state index contributed by atoms with van der Waals surface area (Å²) in [4.78, 5) is 36.6. The van der Waals surface area contributed by atoms with Gasteiger partial charge in [-0.15, -0.1) is 23.5 Å². The SMILES string of the molecule is CC(=O)OCC1=C(C(=O)O)N2C(=O)[C@@H](NC(=S)CSCC#N)[C@H]2SC1. The Labute approximate surface area is 157 Å². The van der Waals surface area contributed by atoms with Crippen LogP contribution in [-0.4, -0.2) is 68.1 Å². The highest BCUT2D eigenvalue weighted by Gasteiger charge is 2.53. The molecule has 134 valence electrons. The highest BCUT2D eigenvalue weighted by atomic mass is 32.2. The Kier molecular flexibility index (Phi) is 6.69. The molecule has 1 amide bonds. The van der Waals surface area contributed by atoms with Gasteiger partial charge in [0.05, 0.1) is 16.8 Å². The van der Waals surface area contributed by atoms with Crippen LogP contribution in [0.2, 0.25) is 0 Å². The summed E-state index contributed by atoms with van der Waals surface area (Å²) in [5.74, 6) is -1.06. The lowest BCUT2D eigenvalue weighted by Crippen LogP contribution is -2.70. The molecule has 0 spiro atoms. The molecule has 8 nitrogen and oxygen atoms in total. The normalized spacial score (nSPS) is 21.8. The van der Waals surface area contributed by atoms with Crippen molar-refractivity contribution >= 4 is 58.6 Å². The van der Waals surface area contributed by atoms with E-state index in [1.807, 2.05) is 6.07 Å². The highest BCUT2D eigenvalue weighted by molar-refractivity contribution is 8.01. The number of thiocarbonyl (C=S) groups is 1. The first-order chi connectivity index (χ1) is 11.9. The molecule has 2 heterocycles. The Morgan fingerprint density at radius 3 is 2.92 bits per heavy atom. The molecular weight excluding hydrogens is 386 g/mol. The van der Waals surface area contributed by atoms with Gasteiger partial charge in [-0.25, -0.2) is 4.79 Å². The second-order valence-electron chi connectivity index (χ2n) is 5.14. The summed E-state index contributed by atoms with van der Waals surface area (Å²) in [6, 6.07) is 1.40. The Hall–Kier alpha value is -1.77. The highest BCUT2D eigenvalue weighted by Crippen LogP contribution is 2.40. The van der Waals surface area contributed by atoms with Crippen molar-refractivity contribution in [1.29, 1.82) is 5.26 Å². The average Bonchev–Trinajstić information content (AvgIpc) is 2.56. The molecule has 2 aliphatic rings. The van der Waals surface area contributed by atoms with Crippen LogP contribution < -0.4 is 5.32 Å². The monoisotopic (exact) mass is 401 g/mol. The Balaban J connectivity index is 2.05. The number of ether oxygens (including phenoxy) is 1. The largest absolute Gasteiger partial charge is 0.477 e. The van der Waals surface area contributed by atoms with Crippen molar-refractivity contribution < 1.29 is 24.2 Å². The molecule has 2 N–H and O–H groups in total. The molecule has 25 heavy (non-hydrogen) atoms. The van der Waals surface area contributed by atoms with Crippen LogP contribution in [-0.2, 0) is 19.1 Å². The molecule has 2 rings (SSSR count). The number of nitriles is 1. The number of nitrogens with zero attached hydrogens (tertiary/aromatic N) is 2. The number of carbonyl (C=O) groups excluding carboxylic acids is 2. The van der Waals surface area contributed by atoms with Gasteiger partial charge in [0.1, 0.15) is 23.7 Å². The van der Waals surface area contributed by atoms with Crippen LogP contribution in [0.25, 0.3) is 0 Å². The van der Waals surface area contributed by atoms with E-state index in [1.54, 1.807) is 0 Å². The number of carbonyl (C=O) groups is 3. The number of hydrogen-bond acceptors (Lipinski definition) is 8. The second-order valence-corrected chi connectivity index (χ2v) is 7.73. The van der Waals surface area contributed by atoms with Gasteiger partial charge in [-0.3, -0.25) is 14.5 Å². The summed E-state index contributed by atoms with van der Waals surface area (Å²) in [5, 5.41) is 20.5. The minimum absolute atomic E-state index is 0.127. The quantitative estimate of drug-likeness (QED) is 0.267. The Morgan fingerprint density at radius 2 is 2.32 bits per heavy atom. The lowest BCUT2D eigenvalue weighted by Gasteiger charge is -2.49. The summed E-state index contributed by atoms with van der Waals surface area (Å²) >= 11 is 7.88. The number of thioether (sulfide) groups is 2. The summed E-state index contributed by atoms with van der Waals surface area (Å²) in [6.45, 7) is 1.08. The van der Waals surface area contributed by atoms with E-state index < -0.39 is 18.0 Å². The van der Waals surface area contributed by atoms with E-state index in [0.717, 1.165) is 0 Å². The number of amides is 1. The minimum atomic E-state index is -1.23. The fourth-order valence-corrected chi connectivity index (χ4v) is 4.55. The molecule has 0 unspecified atom stereocenters. The van der Waals surface area contributed by atoms with E-state index in [1.165, 1.54) is 35.3 Å². The fourth-order valence-electron chi connectivity index (χ4n) is 2.39. The van der Waals surface area contributed by atoms with Gasteiger partial charge in [-0.2, -0.15) is 5.26 Å². The van der Waals surface area contributed by atoms with Crippen LogP contribution in [0.3, 0.4) is 0 Å². The number of fused-ring (bicyclic) bond motifs is 1. The lowest BCUT2D eigenvalue weighted by atomic mass is 10.0. The zero-order valence-corrected chi connectivity index (χ0v) is 15.6. The molecule has 0 saturated carbocycles. The zero-order valence-electron chi connectivity index (χ0n) is 13.2. The standard InChI is InChI=1S/C14H15N3O5S3/c1-7(18)22-4-8-5-25-13-10(16-9(23)6-24-3-2-15)12(19)17(13)11(8)14(20)21/h10,13H,3-6H2,1H3,(H,16,23)(H,20,21)/t10-,13-/m1/s1. The molecule has 2 aliphatic heterocycles. The summed E-state index contributed by atoms with van der Waals surface area (Å²) in [6.07, 6.45) is 0. The third-order valence-electron chi connectivity index (χ3n) is 3.42. The van der Waals surface area contributed by atoms with Gasteiger partial charge < -0.3 is 15.2 Å². The van der Waals surface area contributed by atoms with E-state index in [2.05, 4.69) is 5.32 Å². The van der Waals surface area contributed by atoms with Crippen LogP contribution in [0, 0.1) is 11.3 Å². The van der Waals surface area contributed by atoms with E-state index >= 15 is 0 Å². The number of esters is 1. The van der Waals surface area contributed by atoms with Crippen LogP contribution >= 0.6 is 35.7 Å². The van der Waals surface area contributed by atoms with E-state index in [9.17, 15) is 19.5 Å². The Morgan fingerprint density at radius 1 is 1.60 bits per heavy atom. The number of carboxylic acids is 1. The molecule has 0 radical (unpaired) electrons. The summed E-state index contributed by atoms with van der Waals surface area (Å²) < 4.78 is 4.87. The molecular formula is C14H15N3O5S3. The van der Waals surface area contributed by atoms with Crippen molar-refractivity contribution in [1.82, 2.24) is 10.2 Å². The van der Waals surface area contributed by atoms with E-state index in [-0.39, 0.29) is 23.6 Å². The van der Waals surface area contributed by atoms with Gasteiger partial charge in [0.15, 0.2) is 0 Å². The second kappa shape index (κ2) is 8.55. The predicted octanol–water partition coefficient (Wildman–Crippen LogP) is 0.346. The number of nitrogens with one attached hydrogen (secondary N) is 1. The first-order valence-corrected chi connectivity index (χ1v) is 9.75. The van der Waals surface area contributed by atoms with Crippen LogP contribution in [0.4, 0.5) is 0 Å². The van der Waals surface area contributed by atoms with Crippen molar-refractivity contribution in [2.24, 2.45) is 0 Å². The van der Waals surface area contributed by atoms with Crippen LogP contribution in [0.15, 0.2) is 11.3 Å². The van der Waals surface area contributed by atoms with Gasteiger partial charge >= 0.3 is 11.9 Å². The van der Waals surface area contributed by atoms with E-state index in [4.69, 9.17) is 22.2 Å². The van der Waals surface area contributed by atoms with E-state index in [0.29, 0.717) is 27.8 Å². The third kappa shape index (κ3) is 4.45. The van der Waals surface area contributed by atoms with Crippen molar-refractivity contribution in [3.05, 3.63) is 11.3 Å². The maximum Gasteiger partial charge on any atom is 0.352 e. The number of carboxylic acid groups (broad SMARTS) is 1. The third-order valence-corrected chi connectivity index (χ3v) is 6.03. The topological polar surface area (TPSA) is 120 Å². The fraction of sp³-hybridized carbons (Fsp3) is 0.500. The lowest BCUT2D eigenvalue weighted by molar-refractivity contribution is -0.148. The maximum atomic E-state index is 12.4. The van der Waals surface area contributed by atoms with Gasteiger partial charge in [0.2, 0.25) is 0 Å². The smallest absolute Gasteiger partial charge is 0.352 e. The van der Waals surface area contributed by atoms with Gasteiger partial charge in [-0.1, -0.05) is 12.2 Å². The summed E-state index contributed by atoms with van der Waals surface area (Å²) in [5.41, 5.74) is 0.265. The van der Waals surface area contributed by atoms with Crippen molar-refractivity contribution in [3.63, 3.8) is 0 Å². The average molecular weight is 401 g/mol. The maximum absolute atomic E-state index is 12.4. The molecule has 2 atom stereocenters. The molecule has 1 saturated heterocycles. The minimum Gasteiger partial charge on any atom is -0.477 e. The molecule has 0 aromatic rings. The number of rotatable bonds is 7. The zero-order chi connectivity index (χ0) is 18.6. The van der Waals surface area contributed by atoms with Crippen LogP contribution in [0.5, 0.6) is 0 Å².